The molecular formula is C27H23F3N4O6S2. The third-order valence-electron chi connectivity index (χ3n) is 6.70. The average Bonchev–Trinajstić information content (AvgIpc) is 3.48. The van der Waals surface area contributed by atoms with Gasteiger partial charge in [0, 0.05) is 17.5 Å². The van der Waals surface area contributed by atoms with Crippen molar-refractivity contribution in [1.29, 1.82) is 0 Å². The molecule has 0 radical (unpaired) electrons. The molecule has 3 N–H and O–H groups in total. The number of sulfonamides is 2. The molecule has 0 bridgehead atoms. The fourth-order valence-corrected chi connectivity index (χ4v) is 6.94. The largest absolute Gasteiger partial charge is 0.464 e. The number of ether oxygens (including phenoxy) is 1. The SMILES string of the molecule is CCOC(=O)[C@]1(Cc2ccc(-c3cc(C(F)(F)F)nn3-c3ccc(S(N)(=O)=O)cc3)cc2)NS(=O)(=O)c2ccccc21. The number of primary sulfonamides is 1. The summed E-state index contributed by atoms with van der Waals surface area (Å²) < 4.78 is 98.5. The Labute approximate surface area is 239 Å². The number of carbonyl (C=O) groups is 1. The van der Waals surface area contributed by atoms with Crippen LogP contribution in [-0.2, 0) is 47.7 Å². The Morgan fingerprint density at radius 3 is 2.29 bits per heavy atom. The molecule has 0 saturated carbocycles. The van der Waals surface area contributed by atoms with Gasteiger partial charge in [-0.1, -0.05) is 42.5 Å². The number of hydrogen-bond donors (Lipinski definition) is 2. The molecule has 15 heteroatoms. The van der Waals surface area contributed by atoms with Crippen molar-refractivity contribution in [3.05, 3.63) is 95.7 Å². The number of carbonyl (C=O) groups excluding carboxylic acids is 1. The highest BCUT2D eigenvalue weighted by Crippen LogP contribution is 2.40. The van der Waals surface area contributed by atoms with Crippen LogP contribution in [-0.4, -0.2) is 39.2 Å². The van der Waals surface area contributed by atoms with Crippen LogP contribution in [0.15, 0.2) is 88.7 Å². The second-order valence-electron chi connectivity index (χ2n) is 9.46. The fraction of sp³-hybridized carbons (Fsp3) is 0.185. The normalized spacial score (nSPS) is 18.0. The number of hydrogen-bond acceptors (Lipinski definition) is 7. The van der Waals surface area contributed by atoms with Crippen LogP contribution in [0.5, 0.6) is 0 Å². The summed E-state index contributed by atoms with van der Waals surface area (Å²) in [7, 11) is -8.05. The van der Waals surface area contributed by atoms with Crippen LogP contribution in [0, 0.1) is 0 Å². The highest BCUT2D eigenvalue weighted by atomic mass is 32.2. The molecule has 220 valence electrons. The Morgan fingerprint density at radius 1 is 1.05 bits per heavy atom. The minimum absolute atomic E-state index is 0.00708. The van der Waals surface area contributed by atoms with Gasteiger partial charge in [0.1, 0.15) is 0 Å². The van der Waals surface area contributed by atoms with Crippen LogP contribution >= 0.6 is 0 Å². The Kier molecular flexibility index (Phi) is 7.25. The van der Waals surface area contributed by atoms with E-state index in [1.54, 1.807) is 25.1 Å². The second kappa shape index (κ2) is 10.3. The standard InChI is InChI=1S/C27H23F3N4O6S2/c1-2-40-25(35)26(21-5-3-4-6-23(21)42(38,39)33-26)16-17-7-9-18(10-8-17)22-15-24(27(28,29)30)32-34(22)19-11-13-20(14-12-19)41(31,36)37/h3-15,33H,2,16H2,1H3,(H2,31,36,37)/t26-/m1/s1. The Morgan fingerprint density at radius 2 is 1.69 bits per heavy atom. The summed E-state index contributed by atoms with van der Waals surface area (Å²) in [6, 6.07) is 17.9. The zero-order chi connectivity index (χ0) is 30.5. The highest BCUT2D eigenvalue weighted by molar-refractivity contribution is 7.90. The quantitative estimate of drug-likeness (QED) is 0.300. The van der Waals surface area contributed by atoms with Gasteiger partial charge in [0.05, 0.1) is 27.8 Å². The lowest BCUT2D eigenvalue weighted by Crippen LogP contribution is -2.49. The van der Waals surface area contributed by atoms with E-state index in [9.17, 15) is 34.8 Å². The van der Waals surface area contributed by atoms with Crippen LogP contribution in [0.4, 0.5) is 13.2 Å². The van der Waals surface area contributed by atoms with Gasteiger partial charge >= 0.3 is 12.1 Å². The average molecular weight is 621 g/mol. The first-order valence-corrected chi connectivity index (χ1v) is 15.4. The van der Waals surface area contributed by atoms with Crippen LogP contribution < -0.4 is 9.86 Å². The van der Waals surface area contributed by atoms with Gasteiger partial charge in [0.15, 0.2) is 11.2 Å². The van der Waals surface area contributed by atoms with E-state index in [2.05, 4.69) is 9.82 Å². The van der Waals surface area contributed by atoms with E-state index >= 15 is 0 Å². The van der Waals surface area contributed by atoms with Gasteiger partial charge < -0.3 is 4.74 Å². The van der Waals surface area contributed by atoms with Crippen LogP contribution in [0.25, 0.3) is 16.9 Å². The number of nitrogens with one attached hydrogen (secondary N) is 1. The Hall–Kier alpha value is -4.05. The maximum absolute atomic E-state index is 13.6. The van der Waals surface area contributed by atoms with Crippen LogP contribution in [0.2, 0.25) is 0 Å². The second-order valence-corrected chi connectivity index (χ2v) is 12.7. The van der Waals surface area contributed by atoms with Gasteiger partial charge in [-0.25, -0.2) is 31.5 Å². The highest BCUT2D eigenvalue weighted by Gasteiger charge is 2.53. The molecule has 1 aromatic heterocycles. The molecule has 10 nitrogen and oxygen atoms in total. The first-order chi connectivity index (χ1) is 19.7. The molecular weight excluding hydrogens is 597 g/mol. The van der Waals surface area contributed by atoms with E-state index in [0.29, 0.717) is 11.1 Å². The van der Waals surface area contributed by atoms with Crippen molar-refractivity contribution in [2.75, 3.05) is 6.61 Å². The minimum atomic E-state index is -4.76. The van der Waals surface area contributed by atoms with Crippen molar-refractivity contribution in [3.63, 3.8) is 0 Å². The van der Waals surface area contributed by atoms with Gasteiger partial charge in [0.2, 0.25) is 20.0 Å². The molecule has 3 aromatic carbocycles. The zero-order valence-corrected chi connectivity index (χ0v) is 23.4. The molecule has 1 aliphatic rings. The summed E-state index contributed by atoms with van der Waals surface area (Å²) in [5.41, 5.74) is -1.69. The predicted molar refractivity (Wildman–Crippen MR) is 144 cm³/mol. The Balaban J connectivity index is 1.55. The predicted octanol–water partition coefficient (Wildman–Crippen LogP) is 3.50. The molecule has 4 aromatic rings. The molecule has 0 unspecified atom stereocenters. The number of fused-ring (bicyclic) bond motifs is 1. The molecule has 1 aliphatic heterocycles. The molecule has 42 heavy (non-hydrogen) atoms. The van der Waals surface area contributed by atoms with Gasteiger partial charge in [-0.15, -0.1) is 0 Å². The van der Waals surface area contributed by atoms with E-state index < -0.39 is 43.4 Å². The first-order valence-electron chi connectivity index (χ1n) is 12.4. The van der Waals surface area contributed by atoms with Gasteiger partial charge in [-0.05, 0) is 48.9 Å². The topological polar surface area (TPSA) is 150 Å². The summed E-state index contributed by atoms with van der Waals surface area (Å²) in [5.74, 6) is -0.793. The van der Waals surface area contributed by atoms with E-state index in [-0.39, 0.29) is 39.8 Å². The van der Waals surface area contributed by atoms with E-state index in [1.165, 1.54) is 42.5 Å². The van der Waals surface area contributed by atoms with Gasteiger partial charge in [-0.3, -0.25) is 0 Å². The smallest absolute Gasteiger partial charge is 0.435 e. The van der Waals surface area contributed by atoms with Crippen molar-refractivity contribution in [1.82, 2.24) is 14.5 Å². The molecule has 2 heterocycles. The lowest BCUT2D eigenvalue weighted by molar-refractivity contribution is -0.150. The lowest BCUT2D eigenvalue weighted by Gasteiger charge is -2.27. The number of alkyl halides is 3. The number of nitrogens with zero attached hydrogens (tertiary/aromatic N) is 2. The van der Waals surface area contributed by atoms with Crippen molar-refractivity contribution in [3.8, 4) is 16.9 Å². The third-order valence-corrected chi connectivity index (χ3v) is 9.18. The first kappa shape index (κ1) is 29.4. The number of aromatic nitrogens is 2. The van der Waals surface area contributed by atoms with Gasteiger partial charge in [-0.2, -0.15) is 23.0 Å². The summed E-state index contributed by atoms with van der Waals surface area (Å²) in [4.78, 5) is 12.9. The summed E-state index contributed by atoms with van der Waals surface area (Å²) >= 11 is 0. The number of rotatable bonds is 7. The molecule has 0 aliphatic carbocycles. The molecule has 5 rings (SSSR count). The maximum Gasteiger partial charge on any atom is 0.435 e. The lowest BCUT2D eigenvalue weighted by atomic mass is 9.84. The van der Waals surface area contributed by atoms with Crippen molar-refractivity contribution in [2.45, 2.75) is 34.9 Å². The molecule has 0 amide bonds. The number of halogens is 3. The van der Waals surface area contributed by atoms with Crippen LogP contribution in [0.3, 0.4) is 0 Å². The summed E-state index contributed by atoms with van der Waals surface area (Å²) in [5, 5.41) is 8.81. The third kappa shape index (κ3) is 5.31. The van der Waals surface area contributed by atoms with Crippen LogP contribution in [0.1, 0.15) is 23.7 Å². The number of nitrogens with two attached hydrogens (primary N) is 1. The van der Waals surface area contributed by atoms with Crippen molar-refractivity contribution < 1.29 is 39.5 Å². The van der Waals surface area contributed by atoms with Crippen molar-refractivity contribution >= 4 is 26.0 Å². The van der Waals surface area contributed by atoms with E-state index in [1.807, 2.05) is 0 Å². The Bertz CT molecular complexity index is 1890. The maximum atomic E-state index is 13.6. The summed E-state index contributed by atoms with van der Waals surface area (Å²) in [6.07, 6.45) is -4.90. The molecule has 1 atom stereocenters. The van der Waals surface area contributed by atoms with Gasteiger partial charge in [0.25, 0.3) is 0 Å². The van der Waals surface area contributed by atoms with Crippen molar-refractivity contribution in [2.24, 2.45) is 5.14 Å². The fourth-order valence-electron chi connectivity index (χ4n) is 4.80. The monoisotopic (exact) mass is 620 g/mol. The number of esters is 1. The van der Waals surface area contributed by atoms with E-state index in [4.69, 9.17) is 9.88 Å². The molecule has 0 spiro atoms. The number of benzene rings is 3. The summed E-state index contributed by atoms with van der Waals surface area (Å²) in [6.45, 7) is 1.60. The molecule has 0 fully saturated rings. The van der Waals surface area contributed by atoms with E-state index in [0.717, 1.165) is 22.9 Å². The molecule has 0 saturated heterocycles. The zero-order valence-electron chi connectivity index (χ0n) is 21.8. The minimum Gasteiger partial charge on any atom is -0.464 e.